The van der Waals surface area contributed by atoms with Crippen LogP contribution in [0.15, 0.2) is 0 Å². The van der Waals surface area contributed by atoms with E-state index in [9.17, 15) is 14.4 Å². The lowest BCUT2D eigenvalue weighted by atomic mass is 10.1. The molecule has 0 radical (unpaired) electrons. The smallest absolute Gasteiger partial charge is 0.314 e. The zero-order valence-electron chi connectivity index (χ0n) is 24.7. The second-order valence-electron chi connectivity index (χ2n) is 10.4. The number of hydrogen-bond donors (Lipinski definition) is 3. The summed E-state index contributed by atoms with van der Waals surface area (Å²) in [6.07, 6.45) is 21.2. The highest BCUT2D eigenvalue weighted by Gasteiger charge is 2.18. The Bertz CT molecular complexity index is 574. The fourth-order valence-electron chi connectivity index (χ4n) is 4.25. The SMILES string of the molecule is CCCCCCCCCCCC(=O)OCC(CNC(=O)NCCN)OC(=O)CCCCCCCCCCC. The Balaban J connectivity index is 4.20. The maximum atomic E-state index is 12.4. The molecule has 0 spiro atoms. The summed E-state index contributed by atoms with van der Waals surface area (Å²) >= 11 is 0. The summed E-state index contributed by atoms with van der Waals surface area (Å²) in [5.41, 5.74) is 5.41. The number of esters is 2. The van der Waals surface area contributed by atoms with E-state index in [2.05, 4.69) is 24.5 Å². The van der Waals surface area contributed by atoms with Gasteiger partial charge in [-0.05, 0) is 12.8 Å². The van der Waals surface area contributed by atoms with Gasteiger partial charge in [0.05, 0.1) is 6.54 Å². The van der Waals surface area contributed by atoms with Gasteiger partial charge in [-0.1, -0.05) is 117 Å². The van der Waals surface area contributed by atoms with E-state index in [0.29, 0.717) is 25.9 Å². The van der Waals surface area contributed by atoms with Crippen LogP contribution >= 0.6 is 0 Å². The molecule has 0 fully saturated rings. The second-order valence-corrected chi connectivity index (χ2v) is 10.4. The highest BCUT2D eigenvalue weighted by molar-refractivity contribution is 5.74. The maximum Gasteiger partial charge on any atom is 0.314 e. The molecule has 1 unspecified atom stereocenters. The van der Waals surface area contributed by atoms with Crippen LogP contribution < -0.4 is 16.4 Å². The van der Waals surface area contributed by atoms with Gasteiger partial charge in [-0.25, -0.2) is 4.79 Å². The second kappa shape index (κ2) is 28.2. The average Bonchev–Trinajstić information content (AvgIpc) is 2.91. The summed E-state index contributed by atoms with van der Waals surface area (Å²) in [5.74, 6) is -0.613. The molecule has 0 bridgehead atoms. The average molecular weight is 542 g/mol. The van der Waals surface area contributed by atoms with Crippen LogP contribution in [0.5, 0.6) is 0 Å². The summed E-state index contributed by atoms with van der Waals surface area (Å²) in [6.45, 7) is 5.14. The first-order chi connectivity index (χ1) is 18.5. The third-order valence-electron chi connectivity index (χ3n) is 6.62. The third kappa shape index (κ3) is 25.8. The molecule has 38 heavy (non-hydrogen) atoms. The summed E-state index contributed by atoms with van der Waals surface area (Å²) in [5, 5.41) is 5.27. The van der Waals surface area contributed by atoms with Crippen LogP contribution in [0.3, 0.4) is 0 Å². The largest absolute Gasteiger partial charge is 0.462 e. The Morgan fingerprint density at radius 2 is 1.08 bits per heavy atom. The van der Waals surface area contributed by atoms with Crippen LogP contribution in [0.2, 0.25) is 0 Å². The van der Waals surface area contributed by atoms with E-state index in [1.54, 1.807) is 0 Å². The third-order valence-corrected chi connectivity index (χ3v) is 6.62. The minimum atomic E-state index is -0.711. The van der Waals surface area contributed by atoms with E-state index in [4.69, 9.17) is 15.2 Å². The van der Waals surface area contributed by atoms with Crippen molar-refractivity contribution in [2.75, 3.05) is 26.2 Å². The van der Waals surface area contributed by atoms with E-state index in [1.165, 1.54) is 77.0 Å². The normalized spacial score (nSPS) is 11.7. The van der Waals surface area contributed by atoms with Crippen molar-refractivity contribution >= 4 is 18.0 Å². The molecule has 0 aliphatic carbocycles. The first kappa shape index (κ1) is 36.2. The van der Waals surface area contributed by atoms with Gasteiger partial charge < -0.3 is 25.8 Å². The van der Waals surface area contributed by atoms with Gasteiger partial charge in [-0.15, -0.1) is 0 Å². The number of nitrogens with one attached hydrogen (secondary N) is 2. The van der Waals surface area contributed by atoms with Crippen molar-refractivity contribution in [3.05, 3.63) is 0 Å². The Kier molecular flexibility index (Phi) is 26.8. The fraction of sp³-hybridized carbons (Fsp3) is 0.900. The van der Waals surface area contributed by atoms with Gasteiger partial charge >= 0.3 is 18.0 Å². The molecule has 2 amide bonds. The number of ether oxygens (including phenoxy) is 2. The molecule has 224 valence electrons. The number of amides is 2. The van der Waals surface area contributed by atoms with Crippen molar-refractivity contribution < 1.29 is 23.9 Å². The Hall–Kier alpha value is -1.83. The molecule has 8 heteroatoms. The first-order valence-electron chi connectivity index (χ1n) is 15.6. The van der Waals surface area contributed by atoms with Crippen molar-refractivity contribution in [1.82, 2.24) is 10.6 Å². The molecule has 0 rings (SSSR count). The van der Waals surface area contributed by atoms with E-state index in [-0.39, 0.29) is 25.1 Å². The number of carbonyl (C=O) groups excluding carboxylic acids is 3. The molecule has 0 aromatic heterocycles. The number of nitrogens with two attached hydrogens (primary N) is 1. The molecule has 4 N–H and O–H groups in total. The van der Waals surface area contributed by atoms with Gasteiger partial charge in [0, 0.05) is 25.9 Å². The molecular weight excluding hydrogens is 482 g/mol. The van der Waals surface area contributed by atoms with Crippen LogP contribution in [0, 0.1) is 0 Å². The Morgan fingerprint density at radius 3 is 1.55 bits per heavy atom. The van der Waals surface area contributed by atoms with Crippen LogP contribution in [-0.4, -0.2) is 50.3 Å². The van der Waals surface area contributed by atoms with E-state index in [0.717, 1.165) is 38.5 Å². The highest BCUT2D eigenvalue weighted by Crippen LogP contribution is 2.12. The maximum absolute atomic E-state index is 12.4. The predicted molar refractivity (Wildman–Crippen MR) is 155 cm³/mol. The van der Waals surface area contributed by atoms with Gasteiger partial charge in [0.2, 0.25) is 0 Å². The topological polar surface area (TPSA) is 120 Å². The molecule has 0 aromatic rings. The first-order valence-corrected chi connectivity index (χ1v) is 15.6. The van der Waals surface area contributed by atoms with Crippen LogP contribution in [-0.2, 0) is 19.1 Å². The van der Waals surface area contributed by atoms with Gasteiger partial charge in [-0.2, -0.15) is 0 Å². The fourth-order valence-corrected chi connectivity index (χ4v) is 4.25. The van der Waals surface area contributed by atoms with E-state index >= 15 is 0 Å². The Morgan fingerprint density at radius 1 is 0.632 bits per heavy atom. The predicted octanol–water partition coefficient (Wildman–Crippen LogP) is 6.54. The summed E-state index contributed by atoms with van der Waals surface area (Å²) in [4.78, 5) is 36.4. The Labute approximate surface area is 232 Å². The number of hydrogen-bond acceptors (Lipinski definition) is 6. The van der Waals surface area contributed by atoms with Crippen LogP contribution in [0.25, 0.3) is 0 Å². The van der Waals surface area contributed by atoms with Crippen LogP contribution in [0.1, 0.15) is 142 Å². The van der Waals surface area contributed by atoms with Gasteiger partial charge in [0.1, 0.15) is 6.61 Å². The van der Waals surface area contributed by atoms with Crippen molar-refractivity contribution in [1.29, 1.82) is 0 Å². The standard InChI is InChI=1S/C30H59N3O5/c1-3-5-7-9-11-13-15-17-19-21-28(34)37-26-27(25-33-30(36)32-24-23-31)38-29(35)22-20-18-16-14-12-10-8-6-4-2/h27H,3-26,31H2,1-2H3,(H2,32,33,36). The molecule has 0 saturated heterocycles. The molecule has 0 saturated carbocycles. The number of carbonyl (C=O) groups is 3. The number of rotatable bonds is 27. The van der Waals surface area contributed by atoms with E-state index < -0.39 is 12.1 Å². The number of urea groups is 1. The summed E-state index contributed by atoms with van der Waals surface area (Å²) < 4.78 is 10.9. The molecule has 8 nitrogen and oxygen atoms in total. The van der Waals surface area contributed by atoms with Crippen LogP contribution in [0.4, 0.5) is 4.79 Å². The minimum Gasteiger partial charge on any atom is -0.462 e. The molecule has 0 aliphatic heterocycles. The highest BCUT2D eigenvalue weighted by atomic mass is 16.6. The zero-order valence-corrected chi connectivity index (χ0v) is 24.7. The molecule has 0 aliphatic rings. The van der Waals surface area contributed by atoms with Crippen molar-refractivity contribution in [2.45, 2.75) is 148 Å². The summed E-state index contributed by atoms with van der Waals surface area (Å²) in [7, 11) is 0. The molecule has 1 atom stereocenters. The van der Waals surface area contributed by atoms with E-state index in [1.807, 2.05) is 0 Å². The van der Waals surface area contributed by atoms with Crippen molar-refractivity contribution in [3.63, 3.8) is 0 Å². The monoisotopic (exact) mass is 541 g/mol. The molecule has 0 aromatic carbocycles. The minimum absolute atomic E-state index is 0.0586. The quantitative estimate of drug-likeness (QED) is 0.0802. The van der Waals surface area contributed by atoms with Gasteiger partial charge in [-0.3, -0.25) is 9.59 Å². The molecular formula is C30H59N3O5. The zero-order chi connectivity index (χ0) is 28.1. The lowest BCUT2D eigenvalue weighted by Gasteiger charge is -2.19. The lowest BCUT2D eigenvalue weighted by Crippen LogP contribution is -2.44. The van der Waals surface area contributed by atoms with Crippen molar-refractivity contribution in [2.24, 2.45) is 5.73 Å². The molecule has 0 heterocycles. The summed E-state index contributed by atoms with van der Waals surface area (Å²) in [6, 6.07) is -0.392. The number of unbranched alkanes of at least 4 members (excludes halogenated alkanes) is 16. The van der Waals surface area contributed by atoms with Gasteiger partial charge in [0.15, 0.2) is 6.10 Å². The van der Waals surface area contributed by atoms with Gasteiger partial charge in [0.25, 0.3) is 0 Å². The lowest BCUT2D eigenvalue weighted by molar-refractivity contribution is -0.158. The van der Waals surface area contributed by atoms with Crippen molar-refractivity contribution in [3.8, 4) is 0 Å².